The maximum absolute atomic E-state index is 12.6. The van der Waals surface area contributed by atoms with Crippen molar-refractivity contribution in [2.24, 2.45) is 5.92 Å². The van der Waals surface area contributed by atoms with Gasteiger partial charge in [0.15, 0.2) is 0 Å². The second-order valence-corrected chi connectivity index (χ2v) is 7.40. The molecule has 2 aromatic carbocycles. The molecule has 1 N–H and O–H groups in total. The zero-order valence-electron chi connectivity index (χ0n) is 15.6. The summed E-state index contributed by atoms with van der Waals surface area (Å²) < 4.78 is 5.69. The van der Waals surface area contributed by atoms with E-state index >= 15 is 0 Å². The van der Waals surface area contributed by atoms with Crippen LogP contribution in [0.25, 0.3) is 10.8 Å². The van der Waals surface area contributed by atoms with Crippen molar-refractivity contribution in [3.8, 4) is 0 Å². The van der Waals surface area contributed by atoms with Crippen LogP contribution in [0, 0.1) is 5.92 Å². The van der Waals surface area contributed by atoms with Crippen LogP contribution in [-0.2, 0) is 14.3 Å². The highest BCUT2D eigenvalue weighted by molar-refractivity contribution is 6.06. The molecule has 2 amide bonds. The highest BCUT2D eigenvalue weighted by Gasteiger charge is 2.36. The Kier molecular flexibility index (Phi) is 5.09. The van der Waals surface area contributed by atoms with Crippen LogP contribution in [0.3, 0.4) is 0 Å². The summed E-state index contributed by atoms with van der Waals surface area (Å²) in [4.78, 5) is 29.1. The van der Waals surface area contributed by atoms with Crippen LogP contribution in [0.15, 0.2) is 42.5 Å². The molecular weight excluding hydrogens is 342 g/mol. The number of amides is 2. The Balaban J connectivity index is 1.42. The summed E-state index contributed by atoms with van der Waals surface area (Å²) in [5.41, 5.74) is 0.880. The van der Waals surface area contributed by atoms with Crippen molar-refractivity contribution >= 4 is 28.3 Å². The maximum atomic E-state index is 12.6. The lowest BCUT2D eigenvalue weighted by atomic mass is 10.1. The van der Waals surface area contributed by atoms with Crippen LogP contribution in [0.4, 0.5) is 5.69 Å². The van der Waals surface area contributed by atoms with Crippen molar-refractivity contribution in [1.29, 1.82) is 0 Å². The molecule has 2 saturated heterocycles. The fourth-order valence-electron chi connectivity index (χ4n) is 3.91. The van der Waals surface area contributed by atoms with E-state index in [4.69, 9.17) is 4.74 Å². The first-order valence-corrected chi connectivity index (χ1v) is 9.48. The number of nitrogens with one attached hydrogen (secondary N) is 1. The molecule has 0 spiro atoms. The number of likely N-dealkylation sites (N-methyl/N-ethyl adjacent to an activating group) is 1. The predicted octanol–water partition coefficient (Wildman–Crippen LogP) is 1.64. The summed E-state index contributed by atoms with van der Waals surface area (Å²) in [6.45, 7) is 3.33. The Morgan fingerprint density at radius 1 is 1.19 bits per heavy atom. The Morgan fingerprint density at radius 3 is 2.85 bits per heavy atom. The summed E-state index contributed by atoms with van der Waals surface area (Å²) >= 11 is 0. The third kappa shape index (κ3) is 3.82. The molecule has 2 heterocycles. The zero-order valence-corrected chi connectivity index (χ0v) is 15.6. The van der Waals surface area contributed by atoms with Gasteiger partial charge in [-0.25, -0.2) is 0 Å². The summed E-state index contributed by atoms with van der Waals surface area (Å²) in [6.07, 6.45) is 0.263. The molecule has 142 valence electrons. The number of fused-ring (bicyclic) bond motifs is 1. The van der Waals surface area contributed by atoms with Gasteiger partial charge in [0.25, 0.3) is 0 Å². The molecule has 2 fully saturated rings. The second-order valence-electron chi connectivity index (χ2n) is 7.40. The van der Waals surface area contributed by atoms with E-state index in [2.05, 4.69) is 17.3 Å². The largest absolute Gasteiger partial charge is 0.374 e. The summed E-state index contributed by atoms with van der Waals surface area (Å²) in [5, 5.41) is 5.10. The molecule has 2 aromatic rings. The molecule has 2 unspecified atom stereocenters. The average Bonchev–Trinajstić information content (AvgIpc) is 3.07. The van der Waals surface area contributed by atoms with Gasteiger partial charge in [-0.3, -0.25) is 9.59 Å². The van der Waals surface area contributed by atoms with Gasteiger partial charge in [-0.05, 0) is 18.5 Å². The first-order valence-electron chi connectivity index (χ1n) is 9.48. The monoisotopic (exact) mass is 367 g/mol. The number of anilines is 1. The van der Waals surface area contributed by atoms with E-state index in [9.17, 15) is 9.59 Å². The van der Waals surface area contributed by atoms with Gasteiger partial charge in [0.05, 0.1) is 24.3 Å². The minimum absolute atomic E-state index is 0.000141. The topological polar surface area (TPSA) is 61.9 Å². The number of hydrogen-bond acceptors (Lipinski definition) is 4. The molecular formula is C21H25N3O3. The molecule has 2 aliphatic heterocycles. The van der Waals surface area contributed by atoms with E-state index in [1.807, 2.05) is 42.5 Å². The Labute approximate surface area is 159 Å². The molecule has 2 atom stereocenters. The molecule has 0 aromatic heterocycles. The van der Waals surface area contributed by atoms with Gasteiger partial charge in [0.2, 0.25) is 11.8 Å². The minimum atomic E-state index is -0.321. The third-order valence-corrected chi connectivity index (χ3v) is 5.40. The fourth-order valence-corrected chi connectivity index (χ4v) is 3.91. The molecule has 6 nitrogen and oxygen atoms in total. The van der Waals surface area contributed by atoms with Crippen molar-refractivity contribution in [3.05, 3.63) is 42.5 Å². The quantitative estimate of drug-likeness (QED) is 0.892. The Morgan fingerprint density at radius 2 is 2.00 bits per heavy atom. The normalized spacial score (nSPS) is 23.7. The van der Waals surface area contributed by atoms with Crippen molar-refractivity contribution in [1.82, 2.24) is 10.2 Å². The molecule has 0 radical (unpaired) electrons. The van der Waals surface area contributed by atoms with Crippen LogP contribution in [0.5, 0.6) is 0 Å². The summed E-state index contributed by atoms with van der Waals surface area (Å²) in [5.74, 6) is -0.388. The standard InChI is InChI=1S/C21H25N3O3/c1-23-9-10-27-17(14-23)12-22-21(26)16-11-20(25)24(13-16)19-8-4-6-15-5-2-3-7-18(15)19/h2-8,16-17H,9-14H2,1H3,(H,22,26). The summed E-state index contributed by atoms with van der Waals surface area (Å²) in [6, 6.07) is 13.9. The number of benzene rings is 2. The number of carbonyl (C=O) groups is 2. The Bertz CT molecular complexity index is 848. The van der Waals surface area contributed by atoms with Crippen LogP contribution >= 0.6 is 0 Å². The van der Waals surface area contributed by atoms with Crippen molar-refractivity contribution < 1.29 is 14.3 Å². The van der Waals surface area contributed by atoms with Crippen LogP contribution in [-0.4, -0.2) is 62.7 Å². The number of nitrogens with zero attached hydrogens (tertiary/aromatic N) is 2. The van der Waals surface area contributed by atoms with Gasteiger partial charge in [0.1, 0.15) is 0 Å². The molecule has 2 aliphatic rings. The smallest absolute Gasteiger partial charge is 0.227 e. The molecule has 6 heteroatoms. The second kappa shape index (κ2) is 7.66. The van der Waals surface area contributed by atoms with E-state index in [0.29, 0.717) is 19.7 Å². The molecule has 0 aliphatic carbocycles. The fraction of sp³-hybridized carbons (Fsp3) is 0.429. The first kappa shape index (κ1) is 17.9. The maximum Gasteiger partial charge on any atom is 0.227 e. The average molecular weight is 367 g/mol. The Hall–Kier alpha value is -2.44. The molecule has 0 saturated carbocycles. The van der Waals surface area contributed by atoms with Crippen molar-refractivity contribution in [3.63, 3.8) is 0 Å². The predicted molar refractivity (Wildman–Crippen MR) is 105 cm³/mol. The van der Waals surface area contributed by atoms with E-state index in [0.717, 1.165) is 29.5 Å². The number of hydrogen-bond donors (Lipinski definition) is 1. The summed E-state index contributed by atoms with van der Waals surface area (Å²) in [7, 11) is 2.05. The number of carbonyl (C=O) groups excluding carboxylic acids is 2. The highest BCUT2D eigenvalue weighted by Crippen LogP contribution is 2.31. The van der Waals surface area contributed by atoms with E-state index in [1.54, 1.807) is 4.90 Å². The van der Waals surface area contributed by atoms with Crippen molar-refractivity contribution in [2.75, 3.05) is 44.7 Å². The van der Waals surface area contributed by atoms with Crippen molar-refractivity contribution in [2.45, 2.75) is 12.5 Å². The van der Waals surface area contributed by atoms with E-state index in [1.165, 1.54) is 0 Å². The number of rotatable bonds is 4. The lowest BCUT2D eigenvalue weighted by Gasteiger charge is -2.30. The van der Waals surface area contributed by atoms with Gasteiger partial charge in [-0.1, -0.05) is 36.4 Å². The van der Waals surface area contributed by atoms with Crippen LogP contribution in [0.1, 0.15) is 6.42 Å². The zero-order chi connectivity index (χ0) is 18.8. The van der Waals surface area contributed by atoms with E-state index in [-0.39, 0.29) is 30.3 Å². The van der Waals surface area contributed by atoms with Gasteiger partial charge >= 0.3 is 0 Å². The lowest BCUT2D eigenvalue weighted by Crippen LogP contribution is -2.47. The lowest BCUT2D eigenvalue weighted by molar-refractivity contribution is -0.127. The van der Waals surface area contributed by atoms with Gasteiger partial charge in [-0.15, -0.1) is 0 Å². The number of ether oxygens (including phenoxy) is 1. The van der Waals surface area contributed by atoms with Gasteiger partial charge in [-0.2, -0.15) is 0 Å². The van der Waals surface area contributed by atoms with Crippen LogP contribution in [0.2, 0.25) is 0 Å². The van der Waals surface area contributed by atoms with Gasteiger partial charge < -0.3 is 19.9 Å². The minimum Gasteiger partial charge on any atom is -0.374 e. The molecule has 27 heavy (non-hydrogen) atoms. The number of morpholine rings is 1. The van der Waals surface area contributed by atoms with E-state index < -0.39 is 0 Å². The third-order valence-electron chi connectivity index (χ3n) is 5.40. The first-order chi connectivity index (χ1) is 13.1. The van der Waals surface area contributed by atoms with Crippen LogP contribution < -0.4 is 10.2 Å². The highest BCUT2D eigenvalue weighted by atomic mass is 16.5. The molecule has 4 rings (SSSR count). The molecule has 0 bridgehead atoms. The SMILES string of the molecule is CN1CCOC(CNC(=O)C2CC(=O)N(c3cccc4ccccc34)C2)C1. The van der Waals surface area contributed by atoms with Gasteiger partial charge in [0, 0.05) is 38.0 Å².